The number of hydrogen-bond donors (Lipinski definition) is 2. The summed E-state index contributed by atoms with van der Waals surface area (Å²) < 4.78 is 0.846. The lowest BCUT2D eigenvalue weighted by molar-refractivity contribution is 1.10. The van der Waals surface area contributed by atoms with Gasteiger partial charge in [-0.25, -0.2) is 0 Å². The lowest BCUT2D eigenvalue weighted by Crippen LogP contribution is -1.89. The van der Waals surface area contributed by atoms with Crippen molar-refractivity contribution in [2.24, 2.45) is 0 Å². The van der Waals surface area contributed by atoms with Crippen LogP contribution in [0.4, 0.5) is 5.69 Å². The first kappa shape index (κ1) is 7.61. The zero-order chi connectivity index (χ0) is 8.72. The zero-order valence-electron chi connectivity index (χ0n) is 6.56. The van der Waals surface area contributed by atoms with E-state index in [9.17, 15) is 0 Å². The normalized spacial score (nSPS) is 10.8. The Morgan fingerprint density at radius 2 is 2.25 bits per heavy atom. The topological polar surface area (TPSA) is 54.7 Å². The molecule has 2 aromatic rings. The molecule has 0 bridgehead atoms. The molecule has 12 heavy (non-hydrogen) atoms. The van der Waals surface area contributed by atoms with E-state index in [-0.39, 0.29) is 0 Å². The van der Waals surface area contributed by atoms with Gasteiger partial charge in [0.15, 0.2) is 0 Å². The van der Waals surface area contributed by atoms with Crippen LogP contribution in [0.2, 0.25) is 0 Å². The van der Waals surface area contributed by atoms with E-state index in [1.165, 1.54) is 0 Å². The number of halogens is 1. The third-order valence-corrected chi connectivity index (χ3v) is 2.51. The van der Waals surface area contributed by atoms with Gasteiger partial charge in [0, 0.05) is 5.69 Å². The van der Waals surface area contributed by atoms with Crippen LogP contribution in [-0.4, -0.2) is 10.2 Å². The molecule has 62 valence electrons. The van der Waals surface area contributed by atoms with E-state index in [2.05, 4.69) is 26.1 Å². The van der Waals surface area contributed by atoms with Crippen molar-refractivity contribution in [3.05, 3.63) is 22.3 Å². The maximum absolute atomic E-state index is 5.87. The summed E-state index contributed by atoms with van der Waals surface area (Å²) in [4.78, 5) is 0. The number of aromatic amines is 1. The molecule has 0 amide bonds. The van der Waals surface area contributed by atoms with Gasteiger partial charge in [0.25, 0.3) is 0 Å². The van der Waals surface area contributed by atoms with Gasteiger partial charge in [-0.05, 0) is 34.5 Å². The number of hydrogen-bond acceptors (Lipinski definition) is 2. The molecule has 3 N–H and O–H groups in total. The summed E-state index contributed by atoms with van der Waals surface area (Å²) in [6.07, 6.45) is 0. The number of H-pyrrole nitrogens is 1. The Hall–Kier alpha value is -1.03. The van der Waals surface area contributed by atoms with Crippen LogP contribution in [0.25, 0.3) is 10.9 Å². The second-order valence-electron chi connectivity index (χ2n) is 2.73. The van der Waals surface area contributed by atoms with E-state index >= 15 is 0 Å². The Balaban J connectivity index is 2.96. The first-order valence-corrected chi connectivity index (χ1v) is 4.38. The van der Waals surface area contributed by atoms with Gasteiger partial charge in [0.05, 0.1) is 10.9 Å². The molecule has 0 fully saturated rings. The van der Waals surface area contributed by atoms with Crippen LogP contribution >= 0.6 is 15.9 Å². The monoisotopic (exact) mass is 225 g/mol. The minimum absolute atomic E-state index is 0.785. The summed E-state index contributed by atoms with van der Waals surface area (Å²) in [5, 5.41) is 7.87. The van der Waals surface area contributed by atoms with Crippen molar-refractivity contribution >= 4 is 32.5 Å². The number of rotatable bonds is 0. The first-order chi connectivity index (χ1) is 5.70. The molecule has 4 heteroatoms. The van der Waals surface area contributed by atoms with Crippen LogP contribution in [0.3, 0.4) is 0 Å². The van der Waals surface area contributed by atoms with E-state index in [4.69, 9.17) is 5.73 Å². The second-order valence-corrected chi connectivity index (χ2v) is 3.52. The fourth-order valence-electron chi connectivity index (χ4n) is 1.20. The van der Waals surface area contributed by atoms with Gasteiger partial charge in [0.1, 0.15) is 4.60 Å². The highest BCUT2D eigenvalue weighted by Gasteiger charge is 2.07. The van der Waals surface area contributed by atoms with Crippen molar-refractivity contribution in [1.29, 1.82) is 0 Å². The number of aromatic nitrogens is 2. The maximum atomic E-state index is 5.87. The Labute approximate surface area is 78.1 Å². The molecular weight excluding hydrogens is 218 g/mol. The summed E-state index contributed by atoms with van der Waals surface area (Å²) in [7, 11) is 0. The van der Waals surface area contributed by atoms with Crippen LogP contribution in [0.1, 0.15) is 5.56 Å². The highest BCUT2D eigenvalue weighted by atomic mass is 79.9. The number of nitrogens with two attached hydrogens (primary N) is 1. The highest BCUT2D eigenvalue weighted by Crippen LogP contribution is 2.28. The number of benzene rings is 1. The summed E-state index contributed by atoms with van der Waals surface area (Å²) >= 11 is 3.35. The maximum Gasteiger partial charge on any atom is 0.110 e. The summed E-state index contributed by atoms with van der Waals surface area (Å²) in [6.45, 7) is 1.98. The molecule has 0 spiro atoms. The van der Waals surface area contributed by atoms with Gasteiger partial charge < -0.3 is 5.73 Å². The summed E-state index contributed by atoms with van der Waals surface area (Å²) in [6, 6.07) is 3.91. The van der Waals surface area contributed by atoms with Crippen LogP contribution in [0.5, 0.6) is 0 Å². The highest BCUT2D eigenvalue weighted by molar-refractivity contribution is 9.10. The Morgan fingerprint density at radius 3 is 3.00 bits per heavy atom. The molecule has 3 nitrogen and oxygen atoms in total. The molecule has 0 aliphatic rings. The van der Waals surface area contributed by atoms with Crippen molar-refractivity contribution in [2.75, 3.05) is 5.73 Å². The summed E-state index contributed by atoms with van der Waals surface area (Å²) in [5.41, 5.74) is 8.63. The van der Waals surface area contributed by atoms with Gasteiger partial charge in [-0.15, -0.1) is 0 Å². The molecule has 0 unspecified atom stereocenters. The number of nitrogen functional groups attached to an aromatic ring is 1. The Kier molecular flexibility index (Phi) is 1.58. The molecule has 1 aromatic carbocycles. The lowest BCUT2D eigenvalue weighted by atomic mass is 10.1. The van der Waals surface area contributed by atoms with Crippen LogP contribution < -0.4 is 5.73 Å². The average molecular weight is 226 g/mol. The molecule has 1 aromatic heterocycles. The smallest absolute Gasteiger partial charge is 0.110 e. The van der Waals surface area contributed by atoms with Gasteiger partial charge in [-0.2, -0.15) is 5.10 Å². The number of nitrogens with one attached hydrogen (secondary N) is 1. The van der Waals surface area contributed by atoms with Crippen LogP contribution in [0.15, 0.2) is 16.7 Å². The van der Waals surface area contributed by atoms with Gasteiger partial charge in [0.2, 0.25) is 0 Å². The van der Waals surface area contributed by atoms with Crippen molar-refractivity contribution in [3.8, 4) is 0 Å². The molecule has 2 rings (SSSR count). The zero-order valence-corrected chi connectivity index (χ0v) is 8.14. The second kappa shape index (κ2) is 2.48. The van der Waals surface area contributed by atoms with E-state index in [0.29, 0.717) is 0 Å². The quantitative estimate of drug-likeness (QED) is 0.676. The van der Waals surface area contributed by atoms with Crippen LogP contribution in [0, 0.1) is 6.92 Å². The third kappa shape index (κ3) is 0.914. The predicted molar refractivity (Wildman–Crippen MR) is 52.9 cm³/mol. The fourth-order valence-corrected chi connectivity index (χ4v) is 1.71. The Bertz CT molecular complexity index is 433. The molecule has 0 radical (unpaired) electrons. The molecule has 0 aliphatic carbocycles. The van der Waals surface area contributed by atoms with E-state index < -0.39 is 0 Å². The van der Waals surface area contributed by atoms with Crippen molar-refractivity contribution < 1.29 is 0 Å². The molecule has 0 saturated heterocycles. The number of aryl methyl sites for hydroxylation is 1. The van der Waals surface area contributed by atoms with Crippen molar-refractivity contribution in [1.82, 2.24) is 10.2 Å². The van der Waals surface area contributed by atoms with E-state index in [0.717, 1.165) is 26.8 Å². The lowest BCUT2D eigenvalue weighted by Gasteiger charge is -1.99. The first-order valence-electron chi connectivity index (χ1n) is 3.59. The van der Waals surface area contributed by atoms with Gasteiger partial charge in [-0.3, -0.25) is 5.10 Å². The largest absolute Gasteiger partial charge is 0.398 e. The van der Waals surface area contributed by atoms with Gasteiger partial charge in [-0.1, -0.05) is 6.07 Å². The van der Waals surface area contributed by atoms with E-state index in [1.807, 2.05) is 19.1 Å². The number of nitrogens with zero attached hydrogens (tertiary/aromatic N) is 1. The fraction of sp³-hybridized carbons (Fsp3) is 0.125. The van der Waals surface area contributed by atoms with E-state index in [1.54, 1.807) is 0 Å². The summed E-state index contributed by atoms with van der Waals surface area (Å²) in [5.74, 6) is 0. The molecule has 0 saturated carbocycles. The SMILES string of the molecule is Cc1ccc2n[nH]c(Br)c2c1N. The molecular formula is C8H8BrN3. The average Bonchev–Trinajstić information content (AvgIpc) is 2.41. The number of anilines is 1. The minimum Gasteiger partial charge on any atom is -0.398 e. The molecule has 0 aliphatic heterocycles. The number of fused-ring (bicyclic) bond motifs is 1. The third-order valence-electron chi connectivity index (χ3n) is 1.94. The van der Waals surface area contributed by atoms with Crippen molar-refractivity contribution in [2.45, 2.75) is 6.92 Å². The van der Waals surface area contributed by atoms with Gasteiger partial charge >= 0.3 is 0 Å². The Morgan fingerprint density at radius 1 is 1.50 bits per heavy atom. The molecule has 0 atom stereocenters. The molecule has 1 heterocycles. The van der Waals surface area contributed by atoms with Crippen molar-refractivity contribution in [3.63, 3.8) is 0 Å². The predicted octanol–water partition coefficient (Wildman–Crippen LogP) is 2.22. The minimum atomic E-state index is 0.785. The van der Waals surface area contributed by atoms with Crippen LogP contribution in [-0.2, 0) is 0 Å². The standard InChI is InChI=1S/C8H8BrN3/c1-4-2-3-5-6(7(4)10)8(9)12-11-5/h2-3H,10H2,1H3,(H,11,12).